The van der Waals surface area contributed by atoms with Crippen LogP contribution in [0.25, 0.3) is 10.9 Å². The van der Waals surface area contributed by atoms with E-state index in [-0.39, 0.29) is 0 Å². The predicted molar refractivity (Wildman–Crippen MR) is 86.7 cm³/mol. The van der Waals surface area contributed by atoms with Gasteiger partial charge in [-0.1, -0.05) is 28.1 Å². The Labute approximate surface area is 126 Å². The Balaban J connectivity index is 1.78. The summed E-state index contributed by atoms with van der Waals surface area (Å²) < 4.78 is 4.56. The molecule has 0 unspecified atom stereocenters. The van der Waals surface area contributed by atoms with E-state index in [1.165, 1.54) is 23.4 Å². The van der Waals surface area contributed by atoms with Crippen molar-refractivity contribution >= 4 is 43.4 Å². The highest BCUT2D eigenvalue weighted by Crippen LogP contribution is 2.31. The van der Waals surface area contributed by atoms with Crippen molar-refractivity contribution in [3.8, 4) is 0 Å². The fourth-order valence-corrected chi connectivity index (χ4v) is 4.04. The van der Waals surface area contributed by atoms with Crippen LogP contribution in [0, 0.1) is 0 Å². The summed E-state index contributed by atoms with van der Waals surface area (Å²) in [5.41, 5.74) is 1.13. The van der Waals surface area contributed by atoms with E-state index in [9.17, 15) is 0 Å². The number of benzene rings is 1. The number of alkyl halides is 1. The summed E-state index contributed by atoms with van der Waals surface area (Å²) >= 11 is 5.17. The molecule has 0 radical (unpaired) electrons. The first-order chi connectivity index (χ1) is 9.38. The summed E-state index contributed by atoms with van der Waals surface area (Å²) in [6.45, 7) is 5.76. The van der Waals surface area contributed by atoms with Gasteiger partial charge in [-0.2, -0.15) is 4.37 Å². The molecule has 2 aromatic rings. The van der Waals surface area contributed by atoms with E-state index in [0.717, 1.165) is 37.0 Å². The highest BCUT2D eigenvalue weighted by Gasteiger charge is 2.18. The zero-order valence-corrected chi connectivity index (χ0v) is 13.3. The summed E-state index contributed by atoms with van der Waals surface area (Å²) in [5.74, 6) is 0. The molecule has 102 valence electrons. The maximum Gasteiger partial charge on any atom is 0.120 e. The molecule has 1 aliphatic rings. The molecule has 1 aromatic carbocycles. The lowest BCUT2D eigenvalue weighted by Crippen LogP contribution is -2.31. The second-order valence-corrected chi connectivity index (χ2v) is 6.42. The third-order valence-corrected chi connectivity index (χ3v) is 4.94. The second kappa shape index (κ2) is 6.20. The van der Waals surface area contributed by atoms with Gasteiger partial charge in [0.15, 0.2) is 0 Å². The maximum absolute atomic E-state index is 4.56. The molecule has 0 aliphatic carbocycles. The summed E-state index contributed by atoms with van der Waals surface area (Å²) in [4.78, 5) is 5.05. The average Bonchev–Trinajstić information content (AvgIpc) is 2.73. The molecule has 19 heavy (non-hydrogen) atoms. The number of halogens is 1. The van der Waals surface area contributed by atoms with Crippen molar-refractivity contribution in [2.75, 3.05) is 43.0 Å². The smallest absolute Gasteiger partial charge is 0.120 e. The minimum absolute atomic E-state index is 1.07. The van der Waals surface area contributed by atoms with Gasteiger partial charge in [0.25, 0.3) is 0 Å². The molecule has 2 heterocycles. The number of anilines is 1. The van der Waals surface area contributed by atoms with Gasteiger partial charge in [0.2, 0.25) is 0 Å². The molecule has 1 fully saturated rings. The van der Waals surface area contributed by atoms with Crippen LogP contribution in [0.5, 0.6) is 0 Å². The second-order valence-electron chi connectivity index (χ2n) is 4.88. The number of hydrogen-bond donors (Lipinski definition) is 0. The lowest BCUT2D eigenvalue weighted by molar-refractivity contribution is 0.313. The molecule has 0 amide bonds. The lowest BCUT2D eigenvalue weighted by atomic mass is 10.2. The minimum Gasteiger partial charge on any atom is -0.360 e. The van der Waals surface area contributed by atoms with Crippen LogP contribution in [-0.4, -0.2) is 47.3 Å². The standard InChI is InChI=1S/C14H18BrN3S/c15-6-9-17-7-3-8-18(11-10-17)14-12-4-1-2-5-13(12)16-19-14/h1-2,4-5H,3,6-11H2. The van der Waals surface area contributed by atoms with Gasteiger partial charge in [0.1, 0.15) is 5.00 Å². The number of hydrogen-bond acceptors (Lipinski definition) is 4. The van der Waals surface area contributed by atoms with Crippen LogP contribution < -0.4 is 4.90 Å². The Morgan fingerprint density at radius 3 is 2.95 bits per heavy atom. The van der Waals surface area contributed by atoms with Crippen LogP contribution in [0.1, 0.15) is 6.42 Å². The highest BCUT2D eigenvalue weighted by molar-refractivity contribution is 9.09. The molecular weight excluding hydrogens is 322 g/mol. The van der Waals surface area contributed by atoms with E-state index in [4.69, 9.17) is 0 Å². The van der Waals surface area contributed by atoms with Crippen LogP contribution in [0.15, 0.2) is 24.3 Å². The quantitative estimate of drug-likeness (QED) is 0.800. The molecule has 1 aliphatic heterocycles. The number of aromatic nitrogens is 1. The first-order valence-corrected chi connectivity index (χ1v) is 8.65. The van der Waals surface area contributed by atoms with Crippen LogP contribution in [-0.2, 0) is 0 Å². The van der Waals surface area contributed by atoms with E-state index >= 15 is 0 Å². The zero-order chi connectivity index (χ0) is 13.1. The number of fused-ring (bicyclic) bond motifs is 1. The molecule has 1 aromatic heterocycles. The highest BCUT2D eigenvalue weighted by atomic mass is 79.9. The number of nitrogens with zero attached hydrogens (tertiary/aromatic N) is 3. The van der Waals surface area contributed by atoms with Crippen molar-refractivity contribution in [2.45, 2.75) is 6.42 Å². The van der Waals surface area contributed by atoms with Crippen molar-refractivity contribution < 1.29 is 0 Å². The van der Waals surface area contributed by atoms with Crippen molar-refractivity contribution in [1.82, 2.24) is 9.27 Å². The molecule has 3 nitrogen and oxygen atoms in total. The van der Waals surface area contributed by atoms with Gasteiger partial charge in [-0.05, 0) is 36.6 Å². The normalized spacial score (nSPS) is 17.8. The summed E-state index contributed by atoms with van der Waals surface area (Å²) in [6, 6.07) is 8.46. The van der Waals surface area contributed by atoms with Gasteiger partial charge in [0, 0.05) is 36.9 Å². The molecular formula is C14H18BrN3S. The Hall–Kier alpha value is -0.650. The lowest BCUT2D eigenvalue weighted by Gasteiger charge is -2.21. The van der Waals surface area contributed by atoms with E-state index in [1.54, 1.807) is 11.5 Å². The number of rotatable bonds is 3. The van der Waals surface area contributed by atoms with E-state index in [1.807, 2.05) is 0 Å². The Bertz CT molecular complexity index is 542. The third kappa shape index (κ3) is 2.93. The fourth-order valence-electron chi connectivity index (χ4n) is 2.62. The van der Waals surface area contributed by atoms with Gasteiger partial charge >= 0.3 is 0 Å². The van der Waals surface area contributed by atoms with Crippen molar-refractivity contribution in [1.29, 1.82) is 0 Å². The zero-order valence-electron chi connectivity index (χ0n) is 10.9. The van der Waals surface area contributed by atoms with E-state index in [0.29, 0.717) is 0 Å². The SMILES string of the molecule is BrCCN1CCCN(c2snc3ccccc23)CC1. The van der Waals surface area contributed by atoms with Gasteiger partial charge in [-0.25, -0.2) is 0 Å². The summed E-state index contributed by atoms with van der Waals surface area (Å²) in [6.07, 6.45) is 1.24. The average molecular weight is 340 g/mol. The molecule has 3 rings (SSSR count). The van der Waals surface area contributed by atoms with Gasteiger partial charge in [-0.3, -0.25) is 0 Å². The van der Waals surface area contributed by atoms with Gasteiger partial charge in [-0.15, -0.1) is 0 Å². The minimum atomic E-state index is 1.07. The first kappa shape index (κ1) is 13.3. The van der Waals surface area contributed by atoms with Crippen LogP contribution in [0.4, 0.5) is 5.00 Å². The molecule has 1 saturated heterocycles. The third-order valence-electron chi connectivity index (χ3n) is 3.64. The molecule has 0 atom stereocenters. The Morgan fingerprint density at radius 1 is 1.16 bits per heavy atom. The fraction of sp³-hybridized carbons (Fsp3) is 0.500. The van der Waals surface area contributed by atoms with Crippen LogP contribution >= 0.6 is 27.5 Å². The Kier molecular flexibility index (Phi) is 4.35. The molecule has 0 N–H and O–H groups in total. The van der Waals surface area contributed by atoms with E-state index in [2.05, 4.69) is 54.4 Å². The monoisotopic (exact) mass is 339 g/mol. The molecule has 5 heteroatoms. The van der Waals surface area contributed by atoms with Gasteiger partial charge in [0.05, 0.1) is 5.52 Å². The molecule has 0 spiro atoms. The van der Waals surface area contributed by atoms with Gasteiger partial charge < -0.3 is 9.80 Å². The Morgan fingerprint density at radius 2 is 2.05 bits per heavy atom. The largest absolute Gasteiger partial charge is 0.360 e. The maximum atomic E-state index is 4.56. The van der Waals surface area contributed by atoms with Crippen molar-refractivity contribution in [3.05, 3.63) is 24.3 Å². The summed E-state index contributed by atoms with van der Waals surface area (Å²) in [5, 5.41) is 3.72. The van der Waals surface area contributed by atoms with Crippen LogP contribution in [0.2, 0.25) is 0 Å². The topological polar surface area (TPSA) is 19.4 Å². The first-order valence-electron chi connectivity index (χ1n) is 6.76. The van der Waals surface area contributed by atoms with Crippen molar-refractivity contribution in [3.63, 3.8) is 0 Å². The van der Waals surface area contributed by atoms with E-state index < -0.39 is 0 Å². The van der Waals surface area contributed by atoms with Crippen molar-refractivity contribution in [2.24, 2.45) is 0 Å². The van der Waals surface area contributed by atoms with Crippen LogP contribution in [0.3, 0.4) is 0 Å². The molecule has 0 bridgehead atoms. The summed E-state index contributed by atoms with van der Waals surface area (Å²) in [7, 11) is 0. The predicted octanol–water partition coefficient (Wildman–Crippen LogP) is 3.20. The molecule has 0 saturated carbocycles.